The first-order chi connectivity index (χ1) is 8.04. The van der Waals surface area contributed by atoms with Gasteiger partial charge in [0.2, 0.25) is 0 Å². The molecule has 17 heavy (non-hydrogen) atoms. The van der Waals surface area contributed by atoms with Gasteiger partial charge in [0.1, 0.15) is 0 Å². The number of nitrogens with one attached hydrogen (secondary N) is 1. The van der Waals surface area contributed by atoms with E-state index in [4.69, 9.17) is 22.1 Å². The smallest absolute Gasteiger partial charge is 0.0670 e. The molecule has 1 rings (SSSR count). The van der Waals surface area contributed by atoms with Crippen LogP contribution in [0.25, 0.3) is 0 Å². The summed E-state index contributed by atoms with van der Waals surface area (Å²) in [7, 11) is 0. The average Bonchev–Trinajstić information content (AvgIpc) is 2.26. The Bertz CT molecular complexity index is 355. The molecule has 3 N–H and O–H groups in total. The second kappa shape index (κ2) is 6.72. The van der Waals surface area contributed by atoms with Crippen LogP contribution in [-0.2, 0) is 4.74 Å². The van der Waals surface area contributed by atoms with Gasteiger partial charge in [-0.05, 0) is 31.0 Å². The van der Waals surface area contributed by atoms with Crippen molar-refractivity contribution in [3.05, 3.63) is 23.2 Å². The number of hydrogen-bond donors (Lipinski definition) is 2. The molecule has 0 aliphatic carbocycles. The summed E-state index contributed by atoms with van der Waals surface area (Å²) in [4.78, 5) is 0. The molecule has 0 aliphatic heterocycles. The maximum absolute atomic E-state index is 5.91. The van der Waals surface area contributed by atoms with Gasteiger partial charge in [-0.2, -0.15) is 0 Å². The molecule has 1 aromatic carbocycles. The fraction of sp³-hybridized carbons (Fsp3) is 0.538. The highest BCUT2D eigenvalue weighted by Gasteiger charge is 2.14. The molecule has 1 unspecified atom stereocenters. The molecular formula is C13H21ClN2O. The van der Waals surface area contributed by atoms with Crippen LogP contribution in [-0.4, -0.2) is 19.3 Å². The summed E-state index contributed by atoms with van der Waals surface area (Å²) < 4.78 is 5.46. The summed E-state index contributed by atoms with van der Waals surface area (Å²) >= 11 is 5.87. The highest BCUT2D eigenvalue weighted by atomic mass is 35.5. The Labute approximate surface area is 108 Å². The monoisotopic (exact) mass is 256 g/mol. The Kier molecular flexibility index (Phi) is 5.59. The van der Waals surface area contributed by atoms with E-state index in [0.29, 0.717) is 23.2 Å². The fourth-order valence-corrected chi connectivity index (χ4v) is 1.69. The summed E-state index contributed by atoms with van der Waals surface area (Å²) in [6.45, 7) is 7.71. The molecule has 0 saturated heterocycles. The number of halogens is 1. The van der Waals surface area contributed by atoms with Gasteiger partial charge in [-0.1, -0.05) is 25.4 Å². The van der Waals surface area contributed by atoms with Gasteiger partial charge in [-0.15, -0.1) is 0 Å². The van der Waals surface area contributed by atoms with E-state index < -0.39 is 0 Å². The van der Waals surface area contributed by atoms with Crippen LogP contribution in [0.4, 0.5) is 11.4 Å². The normalized spacial score (nSPS) is 12.8. The van der Waals surface area contributed by atoms with Crippen LogP contribution < -0.4 is 11.1 Å². The van der Waals surface area contributed by atoms with E-state index in [9.17, 15) is 0 Å². The largest absolute Gasteiger partial charge is 0.397 e. The van der Waals surface area contributed by atoms with Crippen molar-refractivity contribution in [2.24, 2.45) is 5.92 Å². The highest BCUT2D eigenvalue weighted by molar-refractivity contribution is 6.31. The number of ether oxygens (including phenoxy) is 1. The second-order valence-electron chi connectivity index (χ2n) is 4.39. The molecule has 0 spiro atoms. The summed E-state index contributed by atoms with van der Waals surface area (Å²) in [5.74, 6) is 0.469. The molecule has 1 aromatic rings. The minimum atomic E-state index is 0.249. The summed E-state index contributed by atoms with van der Waals surface area (Å²) in [6.07, 6.45) is 0. The predicted molar refractivity (Wildman–Crippen MR) is 74.6 cm³/mol. The lowest BCUT2D eigenvalue weighted by molar-refractivity contribution is 0.127. The van der Waals surface area contributed by atoms with Crippen molar-refractivity contribution in [3.8, 4) is 0 Å². The number of nitrogens with two attached hydrogens (primary N) is 1. The summed E-state index contributed by atoms with van der Waals surface area (Å²) in [6, 6.07) is 5.73. The Balaban J connectivity index is 2.71. The van der Waals surface area contributed by atoms with Crippen LogP contribution in [0.1, 0.15) is 20.8 Å². The van der Waals surface area contributed by atoms with Crippen LogP contribution in [0.5, 0.6) is 0 Å². The van der Waals surface area contributed by atoms with Gasteiger partial charge < -0.3 is 15.8 Å². The van der Waals surface area contributed by atoms with Gasteiger partial charge in [-0.3, -0.25) is 0 Å². The van der Waals surface area contributed by atoms with Crippen LogP contribution in [0.3, 0.4) is 0 Å². The lowest BCUT2D eigenvalue weighted by Crippen LogP contribution is -2.31. The third-order valence-electron chi connectivity index (χ3n) is 2.66. The molecule has 0 radical (unpaired) electrons. The van der Waals surface area contributed by atoms with Gasteiger partial charge in [-0.25, -0.2) is 0 Å². The van der Waals surface area contributed by atoms with E-state index >= 15 is 0 Å². The Morgan fingerprint density at radius 3 is 2.65 bits per heavy atom. The van der Waals surface area contributed by atoms with Gasteiger partial charge in [0.05, 0.1) is 24.0 Å². The molecular weight excluding hydrogens is 236 g/mol. The van der Waals surface area contributed by atoms with Crippen molar-refractivity contribution in [2.75, 3.05) is 24.3 Å². The fourth-order valence-electron chi connectivity index (χ4n) is 1.51. The first-order valence-electron chi connectivity index (χ1n) is 5.94. The quantitative estimate of drug-likeness (QED) is 0.767. The summed E-state index contributed by atoms with van der Waals surface area (Å²) in [5, 5.41) is 4.05. The van der Waals surface area contributed by atoms with Gasteiger partial charge in [0, 0.05) is 11.6 Å². The molecule has 0 saturated carbocycles. The molecule has 0 heterocycles. The third-order valence-corrected chi connectivity index (χ3v) is 2.90. The Morgan fingerprint density at radius 1 is 1.41 bits per heavy atom. The minimum absolute atomic E-state index is 0.249. The number of rotatable bonds is 6. The standard InChI is InChI=1S/C13H21ClN2O/c1-4-17-8-13(9(2)3)16-12-6-5-10(14)7-11(12)15/h5-7,9,13,16H,4,8,15H2,1-3H3. The highest BCUT2D eigenvalue weighted by Crippen LogP contribution is 2.24. The van der Waals surface area contributed by atoms with Gasteiger partial charge >= 0.3 is 0 Å². The first kappa shape index (κ1) is 14.1. The number of anilines is 2. The Morgan fingerprint density at radius 2 is 2.12 bits per heavy atom. The topological polar surface area (TPSA) is 47.3 Å². The van der Waals surface area contributed by atoms with E-state index in [1.807, 2.05) is 19.1 Å². The first-order valence-corrected chi connectivity index (χ1v) is 6.31. The molecule has 0 bridgehead atoms. The maximum atomic E-state index is 5.91. The third kappa shape index (κ3) is 4.44. The van der Waals surface area contributed by atoms with Crippen LogP contribution in [0, 0.1) is 5.92 Å². The summed E-state index contributed by atoms with van der Waals surface area (Å²) in [5.41, 5.74) is 7.49. The second-order valence-corrected chi connectivity index (χ2v) is 4.82. The van der Waals surface area contributed by atoms with Crippen molar-refractivity contribution in [3.63, 3.8) is 0 Å². The predicted octanol–water partition coefficient (Wildman–Crippen LogP) is 3.40. The van der Waals surface area contributed by atoms with Crippen LogP contribution in [0.15, 0.2) is 18.2 Å². The zero-order valence-corrected chi connectivity index (χ0v) is 11.4. The lowest BCUT2D eigenvalue weighted by Gasteiger charge is -2.24. The zero-order valence-electron chi connectivity index (χ0n) is 10.7. The molecule has 0 aromatic heterocycles. The zero-order chi connectivity index (χ0) is 12.8. The number of hydrogen-bond acceptors (Lipinski definition) is 3. The molecule has 0 amide bonds. The van der Waals surface area contributed by atoms with E-state index in [1.54, 1.807) is 6.07 Å². The molecule has 96 valence electrons. The van der Waals surface area contributed by atoms with Crippen molar-refractivity contribution in [2.45, 2.75) is 26.8 Å². The molecule has 0 fully saturated rings. The van der Waals surface area contributed by atoms with Crippen molar-refractivity contribution < 1.29 is 4.74 Å². The SMILES string of the molecule is CCOCC(Nc1ccc(Cl)cc1N)C(C)C. The van der Waals surface area contributed by atoms with Crippen LogP contribution >= 0.6 is 11.6 Å². The van der Waals surface area contributed by atoms with E-state index in [1.165, 1.54) is 0 Å². The maximum Gasteiger partial charge on any atom is 0.0670 e. The number of nitrogen functional groups attached to an aromatic ring is 1. The lowest BCUT2D eigenvalue weighted by atomic mass is 10.0. The van der Waals surface area contributed by atoms with E-state index in [-0.39, 0.29) is 6.04 Å². The molecule has 4 heteroatoms. The van der Waals surface area contributed by atoms with Gasteiger partial charge in [0.15, 0.2) is 0 Å². The average molecular weight is 257 g/mol. The van der Waals surface area contributed by atoms with Crippen molar-refractivity contribution in [1.82, 2.24) is 0 Å². The Hall–Kier alpha value is -0.930. The van der Waals surface area contributed by atoms with E-state index in [2.05, 4.69) is 19.2 Å². The van der Waals surface area contributed by atoms with Crippen LogP contribution in [0.2, 0.25) is 5.02 Å². The van der Waals surface area contributed by atoms with Gasteiger partial charge in [0.25, 0.3) is 0 Å². The minimum Gasteiger partial charge on any atom is -0.397 e. The van der Waals surface area contributed by atoms with Crippen molar-refractivity contribution >= 4 is 23.0 Å². The molecule has 0 aliphatic rings. The molecule has 3 nitrogen and oxygen atoms in total. The number of benzene rings is 1. The molecule has 1 atom stereocenters. The van der Waals surface area contributed by atoms with Crippen molar-refractivity contribution in [1.29, 1.82) is 0 Å². The van der Waals surface area contributed by atoms with E-state index in [0.717, 1.165) is 12.3 Å².